The van der Waals surface area contributed by atoms with Crippen LogP contribution in [0.1, 0.15) is 21.5 Å². The Kier molecular flexibility index (Phi) is 5.05. The van der Waals surface area contributed by atoms with Crippen LogP contribution < -0.4 is 10.2 Å². The molecule has 0 atom stereocenters. The van der Waals surface area contributed by atoms with Crippen LogP contribution in [-0.2, 0) is 6.42 Å². The predicted octanol–water partition coefficient (Wildman–Crippen LogP) is 6.80. The third-order valence-electron chi connectivity index (χ3n) is 5.51. The number of rotatable bonds is 3. The number of nitrogens with one attached hydrogen (secondary N) is 1. The first kappa shape index (κ1) is 19.9. The number of anilines is 3. The Hall–Kier alpha value is -3.08. The lowest BCUT2D eigenvalue weighted by Gasteiger charge is -2.19. The van der Waals surface area contributed by atoms with Crippen molar-refractivity contribution >= 4 is 57.2 Å². The molecule has 1 aromatic heterocycles. The summed E-state index contributed by atoms with van der Waals surface area (Å²) in [5, 5.41) is 4.93. The van der Waals surface area contributed by atoms with Crippen molar-refractivity contribution in [3.05, 3.63) is 93.5 Å². The zero-order valence-electron chi connectivity index (χ0n) is 16.8. The van der Waals surface area contributed by atoms with Crippen LogP contribution in [0.5, 0.6) is 0 Å². The van der Waals surface area contributed by atoms with Gasteiger partial charge in [0.15, 0.2) is 0 Å². The molecule has 154 valence electrons. The average Bonchev–Trinajstić information content (AvgIpc) is 3.17. The largest absolute Gasteiger partial charge is 0.326 e. The standard InChI is InChI=1S/C25H19Cl2N3O/c1-15-2-3-17-13-18-10-11-30(24(18)28-22(17)12-15)20-7-4-16(5-8-20)25(31)29-23-14-19(26)6-9-21(23)27/h2-9,12-14H,10-11H2,1H3,(H,29,31). The normalized spacial score (nSPS) is 12.8. The summed E-state index contributed by atoms with van der Waals surface area (Å²) < 4.78 is 0. The number of fused-ring (bicyclic) bond motifs is 2. The molecule has 4 aromatic rings. The van der Waals surface area contributed by atoms with Crippen LogP contribution in [0.3, 0.4) is 0 Å². The van der Waals surface area contributed by atoms with Gasteiger partial charge in [-0.1, -0.05) is 35.3 Å². The number of hydrogen-bond donors (Lipinski definition) is 1. The Labute approximate surface area is 190 Å². The molecule has 0 saturated heterocycles. The fourth-order valence-electron chi connectivity index (χ4n) is 3.90. The Bertz CT molecular complexity index is 1320. The number of benzene rings is 3. The van der Waals surface area contributed by atoms with E-state index in [1.807, 2.05) is 24.3 Å². The van der Waals surface area contributed by atoms with Crippen LogP contribution in [0.4, 0.5) is 17.2 Å². The number of halogens is 2. The highest BCUT2D eigenvalue weighted by Crippen LogP contribution is 2.35. The van der Waals surface area contributed by atoms with Gasteiger partial charge >= 0.3 is 0 Å². The third kappa shape index (κ3) is 3.85. The summed E-state index contributed by atoms with van der Waals surface area (Å²) in [5.74, 6) is 0.748. The van der Waals surface area contributed by atoms with Crippen LogP contribution >= 0.6 is 23.2 Å². The van der Waals surface area contributed by atoms with Crippen molar-refractivity contribution in [1.82, 2.24) is 4.98 Å². The molecule has 1 aliphatic heterocycles. The smallest absolute Gasteiger partial charge is 0.255 e. The molecule has 4 nitrogen and oxygen atoms in total. The Morgan fingerprint density at radius 1 is 1.00 bits per heavy atom. The second-order valence-corrected chi connectivity index (χ2v) is 8.54. The number of nitrogens with zero attached hydrogens (tertiary/aromatic N) is 2. The molecule has 0 saturated carbocycles. The van der Waals surface area contributed by atoms with Crippen LogP contribution in [0.25, 0.3) is 10.9 Å². The minimum atomic E-state index is -0.239. The predicted molar refractivity (Wildman–Crippen MR) is 128 cm³/mol. The van der Waals surface area contributed by atoms with Gasteiger partial charge in [-0.25, -0.2) is 4.98 Å². The van der Waals surface area contributed by atoms with Gasteiger partial charge in [-0.05, 0) is 79.1 Å². The zero-order valence-corrected chi connectivity index (χ0v) is 18.3. The molecule has 0 unspecified atom stereocenters. The molecule has 31 heavy (non-hydrogen) atoms. The SMILES string of the molecule is Cc1ccc2cc3c(nc2c1)N(c1ccc(C(=O)Nc2cc(Cl)ccc2Cl)cc1)CC3. The number of carbonyl (C=O) groups excluding carboxylic acids is 1. The minimum absolute atomic E-state index is 0.239. The van der Waals surface area contributed by atoms with E-state index in [1.54, 1.807) is 18.2 Å². The van der Waals surface area contributed by atoms with Crippen molar-refractivity contribution in [3.63, 3.8) is 0 Å². The molecule has 1 amide bonds. The van der Waals surface area contributed by atoms with E-state index in [1.165, 1.54) is 11.1 Å². The summed E-state index contributed by atoms with van der Waals surface area (Å²) in [4.78, 5) is 19.8. The van der Waals surface area contributed by atoms with Crippen LogP contribution in [0.2, 0.25) is 10.0 Å². The van der Waals surface area contributed by atoms with Crippen molar-refractivity contribution in [2.24, 2.45) is 0 Å². The van der Waals surface area contributed by atoms with Crippen molar-refractivity contribution in [1.29, 1.82) is 0 Å². The fourth-order valence-corrected chi connectivity index (χ4v) is 4.24. The first-order valence-corrected chi connectivity index (χ1v) is 10.8. The van der Waals surface area contributed by atoms with E-state index in [0.29, 0.717) is 21.3 Å². The maximum atomic E-state index is 12.6. The van der Waals surface area contributed by atoms with E-state index in [4.69, 9.17) is 28.2 Å². The lowest BCUT2D eigenvalue weighted by molar-refractivity contribution is 0.102. The Morgan fingerprint density at radius 3 is 2.61 bits per heavy atom. The number of hydrogen-bond acceptors (Lipinski definition) is 3. The van der Waals surface area contributed by atoms with Gasteiger partial charge in [0.1, 0.15) is 5.82 Å². The molecule has 0 fully saturated rings. The number of aryl methyl sites for hydroxylation is 1. The van der Waals surface area contributed by atoms with Gasteiger partial charge in [-0.2, -0.15) is 0 Å². The van der Waals surface area contributed by atoms with Gasteiger partial charge in [0.2, 0.25) is 0 Å². The molecule has 1 aliphatic rings. The molecule has 2 heterocycles. The highest BCUT2D eigenvalue weighted by Gasteiger charge is 2.23. The van der Waals surface area contributed by atoms with E-state index < -0.39 is 0 Å². The molecular weight excluding hydrogens is 429 g/mol. The maximum Gasteiger partial charge on any atom is 0.255 e. The van der Waals surface area contributed by atoms with Crippen molar-refractivity contribution < 1.29 is 4.79 Å². The number of pyridine rings is 1. The molecule has 0 bridgehead atoms. The Balaban J connectivity index is 1.40. The van der Waals surface area contributed by atoms with Gasteiger partial charge < -0.3 is 10.2 Å². The molecular formula is C25H19Cl2N3O. The van der Waals surface area contributed by atoms with Gasteiger partial charge in [0, 0.05) is 28.2 Å². The number of carbonyl (C=O) groups is 1. The molecule has 0 spiro atoms. The summed E-state index contributed by atoms with van der Waals surface area (Å²) in [5.41, 5.74) is 5.48. The van der Waals surface area contributed by atoms with E-state index in [-0.39, 0.29) is 5.91 Å². The third-order valence-corrected chi connectivity index (χ3v) is 6.07. The number of amides is 1. The molecule has 0 aliphatic carbocycles. The van der Waals surface area contributed by atoms with E-state index >= 15 is 0 Å². The summed E-state index contributed by atoms with van der Waals surface area (Å²) in [7, 11) is 0. The first-order chi connectivity index (χ1) is 15.0. The summed E-state index contributed by atoms with van der Waals surface area (Å²) in [6.45, 7) is 2.94. The quantitative estimate of drug-likeness (QED) is 0.375. The van der Waals surface area contributed by atoms with E-state index in [0.717, 1.165) is 35.4 Å². The average molecular weight is 448 g/mol. The monoisotopic (exact) mass is 447 g/mol. The van der Waals surface area contributed by atoms with Crippen LogP contribution in [0, 0.1) is 6.92 Å². The van der Waals surface area contributed by atoms with Gasteiger partial charge in [0.05, 0.1) is 16.2 Å². The lowest BCUT2D eigenvalue weighted by atomic mass is 10.1. The van der Waals surface area contributed by atoms with Crippen molar-refractivity contribution in [2.75, 3.05) is 16.8 Å². The maximum absolute atomic E-state index is 12.6. The molecule has 0 radical (unpaired) electrons. The molecule has 5 rings (SSSR count). The van der Waals surface area contributed by atoms with Crippen molar-refractivity contribution in [3.8, 4) is 0 Å². The zero-order chi connectivity index (χ0) is 21.5. The van der Waals surface area contributed by atoms with Crippen molar-refractivity contribution in [2.45, 2.75) is 13.3 Å². The number of aromatic nitrogens is 1. The summed E-state index contributed by atoms with van der Waals surface area (Å²) in [6, 6.07) is 21.1. The second-order valence-electron chi connectivity index (χ2n) is 7.69. The highest BCUT2D eigenvalue weighted by molar-refractivity contribution is 6.35. The highest BCUT2D eigenvalue weighted by atomic mass is 35.5. The molecule has 6 heteroatoms. The second kappa shape index (κ2) is 7.88. The van der Waals surface area contributed by atoms with Gasteiger partial charge in [-0.3, -0.25) is 4.79 Å². The van der Waals surface area contributed by atoms with E-state index in [2.05, 4.69) is 41.4 Å². The van der Waals surface area contributed by atoms with E-state index in [9.17, 15) is 4.79 Å². The van der Waals surface area contributed by atoms with Crippen LogP contribution in [-0.4, -0.2) is 17.4 Å². The minimum Gasteiger partial charge on any atom is -0.326 e. The Morgan fingerprint density at radius 2 is 1.81 bits per heavy atom. The van der Waals surface area contributed by atoms with Gasteiger partial charge in [0.25, 0.3) is 5.91 Å². The van der Waals surface area contributed by atoms with Crippen LogP contribution in [0.15, 0.2) is 66.7 Å². The molecule has 1 N–H and O–H groups in total. The lowest BCUT2D eigenvalue weighted by Crippen LogP contribution is -2.15. The first-order valence-electron chi connectivity index (χ1n) is 10.0. The van der Waals surface area contributed by atoms with Gasteiger partial charge in [-0.15, -0.1) is 0 Å². The summed E-state index contributed by atoms with van der Waals surface area (Å²) in [6.07, 6.45) is 0.946. The summed E-state index contributed by atoms with van der Waals surface area (Å²) >= 11 is 12.2. The fraction of sp³-hybridized carbons (Fsp3) is 0.120. The topological polar surface area (TPSA) is 45.2 Å². The molecule has 3 aromatic carbocycles.